The third-order valence-electron chi connectivity index (χ3n) is 3.06. The molecule has 0 radical (unpaired) electrons. The standard InChI is InChI=1S/C12H19N3O/c1-13-7-10-8-14-5-3-12(10)15-6-4-11(9-15)16-2/h3,5,8,11,13H,4,6-7,9H2,1-2H3. The number of pyridine rings is 1. The largest absolute Gasteiger partial charge is 0.380 e. The van der Waals surface area contributed by atoms with E-state index in [4.69, 9.17) is 4.74 Å². The minimum Gasteiger partial charge on any atom is -0.380 e. The topological polar surface area (TPSA) is 37.4 Å². The molecule has 1 aliphatic rings. The number of ether oxygens (including phenoxy) is 1. The Hall–Kier alpha value is -1.13. The van der Waals surface area contributed by atoms with Crippen LogP contribution in [-0.2, 0) is 11.3 Å². The van der Waals surface area contributed by atoms with Crippen molar-refractivity contribution in [2.75, 3.05) is 32.1 Å². The fourth-order valence-corrected chi connectivity index (χ4v) is 2.19. The highest BCUT2D eigenvalue weighted by molar-refractivity contribution is 5.53. The van der Waals surface area contributed by atoms with Gasteiger partial charge in [-0.2, -0.15) is 0 Å². The van der Waals surface area contributed by atoms with E-state index in [0.29, 0.717) is 6.10 Å². The van der Waals surface area contributed by atoms with Gasteiger partial charge in [-0.25, -0.2) is 0 Å². The second kappa shape index (κ2) is 5.27. The molecule has 2 heterocycles. The second-order valence-electron chi connectivity index (χ2n) is 4.13. The molecule has 0 amide bonds. The Bertz CT molecular complexity index is 343. The van der Waals surface area contributed by atoms with Crippen LogP contribution >= 0.6 is 0 Å². The molecule has 0 saturated carbocycles. The van der Waals surface area contributed by atoms with Crippen LogP contribution in [0.25, 0.3) is 0 Å². The molecule has 1 N–H and O–H groups in total. The predicted octanol–water partition coefficient (Wildman–Crippen LogP) is 1.03. The van der Waals surface area contributed by atoms with Crippen molar-refractivity contribution < 1.29 is 4.74 Å². The van der Waals surface area contributed by atoms with Gasteiger partial charge in [0, 0.05) is 50.4 Å². The van der Waals surface area contributed by atoms with Crippen molar-refractivity contribution in [1.29, 1.82) is 0 Å². The van der Waals surface area contributed by atoms with Crippen molar-refractivity contribution in [2.45, 2.75) is 19.1 Å². The van der Waals surface area contributed by atoms with E-state index in [1.54, 1.807) is 7.11 Å². The van der Waals surface area contributed by atoms with Crippen LogP contribution in [0.3, 0.4) is 0 Å². The highest BCUT2D eigenvalue weighted by Gasteiger charge is 2.23. The quantitative estimate of drug-likeness (QED) is 0.824. The van der Waals surface area contributed by atoms with Crippen LogP contribution in [0.5, 0.6) is 0 Å². The summed E-state index contributed by atoms with van der Waals surface area (Å²) in [5.41, 5.74) is 2.53. The van der Waals surface area contributed by atoms with E-state index in [-0.39, 0.29) is 0 Å². The fraction of sp³-hybridized carbons (Fsp3) is 0.583. The summed E-state index contributed by atoms with van der Waals surface area (Å²) in [6, 6.07) is 2.09. The summed E-state index contributed by atoms with van der Waals surface area (Å²) in [7, 11) is 3.74. The summed E-state index contributed by atoms with van der Waals surface area (Å²) in [6.07, 6.45) is 5.27. The van der Waals surface area contributed by atoms with Crippen LogP contribution in [0.15, 0.2) is 18.5 Å². The first-order valence-electron chi connectivity index (χ1n) is 5.70. The van der Waals surface area contributed by atoms with Crippen LogP contribution in [0, 0.1) is 0 Å². The van der Waals surface area contributed by atoms with E-state index in [9.17, 15) is 0 Å². The van der Waals surface area contributed by atoms with Crippen molar-refractivity contribution in [2.24, 2.45) is 0 Å². The summed E-state index contributed by atoms with van der Waals surface area (Å²) >= 11 is 0. The smallest absolute Gasteiger partial charge is 0.0762 e. The van der Waals surface area contributed by atoms with Gasteiger partial charge in [-0.3, -0.25) is 4.98 Å². The molecule has 16 heavy (non-hydrogen) atoms. The minimum absolute atomic E-state index is 0.371. The molecule has 2 rings (SSSR count). The third-order valence-corrected chi connectivity index (χ3v) is 3.06. The predicted molar refractivity (Wildman–Crippen MR) is 64.6 cm³/mol. The molecule has 1 aliphatic heterocycles. The third kappa shape index (κ3) is 2.33. The first kappa shape index (κ1) is 11.4. The van der Waals surface area contributed by atoms with Crippen molar-refractivity contribution >= 4 is 5.69 Å². The molecule has 1 saturated heterocycles. The Morgan fingerprint density at radius 3 is 3.19 bits per heavy atom. The van der Waals surface area contributed by atoms with Crippen molar-refractivity contribution in [3.63, 3.8) is 0 Å². The highest BCUT2D eigenvalue weighted by Crippen LogP contribution is 2.24. The summed E-state index contributed by atoms with van der Waals surface area (Å²) in [4.78, 5) is 6.55. The Morgan fingerprint density at radius 2 is 2.50 bits per heavy atom. The van der Waals surface area contributed by atoms with E-state index in [1.165, 1.54) is 11.3 Å². The maximum atomic E-state index is 5.39. The molecule has 4 nitrogen and oxygen atoms in total. The molecular formula is C12H19N3O. The lowest BCUT2D eigenvalue weighted by Gasteiger charge is -2.21. The van der Waals surface area contributed by atoms with Gasteiger partial charge in [0.15, 0.2) is 0 Å². The number of hydrogen-bond acceptors (Lipinski definition) is 4. The van der Waals surface area contributed by atoms with Crippen LogP contribution in [0.4, 0.5) is 5.69 Å². The van der Waals surface area contributed by atoms with Gasteiger partial charge in [0.05, 0.1) is 6.10 Å². The number of hydrogen-bond donors (Lipinski definition) is 1. The van der Waals surface area contributed by atoms with Crippen LogP contribution in [0.1, 0.15) is 12.0 Å². The Morgan fingerprint density at radius 1 is 1.62 bits per heavy atom. The van der Waals surface area contributed by atoms with Gasteiger partial charge in [0.1, 0.15) is 0 Å². The number of methoxy groups -OCH3 is 1. The average molecular weight is 221 g/mol. The molecule has 0 aliphatic carbocycles. The number of anilines is 1. The van der Waals surface area contributed by atoms with E-state index in [1.807, 2.05) is 19.4 Å². The lowest BCUT2D eigenvalue weighted by atomic mass is 10.2. The van der Waals surface area contributed by atoms with Crippen LogP contribution in [0.2, 0.25) is 0 Å². The molecule has 0 aromatic carbocycles. The number of nitrogens with one attached hydrogen (secondary N) is 1. The minimum atomic E-state index is 0.371. The number of aromatic nitrogens is 1. The van der Waals surface area contributed by atoms with E-state index in [0.717, 1.165) is 26.1 Å². The number of rotatable bonds is 4. The van der Waals surface area contributed by atoms with Crippen molar-refractivity contribution in [3.8, 4) is 0 Å². The van der Waals surface area contributed by atoms with Gasteiger partial charge in [-0.15, -0.1) is 0 Å². The van der Waals surface area contributed by atoms with Gasteiger partial charge in [0.2, 0.25) is 0 Å². The molecule has 1 unspecified atom stereocenters. The molecule has 1 fully saturated rings. The summed E-state index contributed by atoms with van der Waals surface area (Å²) in [5, 5.41) is 3.18. The monoisotopic (exact) mass is 221 g/mol. The maximum absolute atomic E-state index is 5.39. The summed E-state index contributed by atoms with van der Waals surface area (Å²) in [5.74, 6) is 0. The molecular weight excluding hydrogens is 202 g/mol. The van der Waals surface area contributed by atoms with Gasteiger partial charge < -0.3 is 15.0 Å². The number of nitrogens with zero attached hydrogens (tertiary/aromatic N) is 2. The molecule has 0 bridgehead atoms. The summed E-state index contributed by atoms with van der Waals surface area (Å²) < 4.78 is 5.39. The first-order valence-corrected chi connectivity index (χ1v) is 5.70. The van der Waals surface area contributed by atoms with Gasteiger partial charge >= 0.3 is 0 Å². The normalized spacial score (nSPS) is 20.4. The molecule has 1 atom stereocenters. The van der Waals surface area contributed by atoms with Gasteiger partial charge in [0.25, 0.3) is 0 Å². The highest BCUT2D eigenvalue weighted by atomic mass is 16.5. The zero-order valence-electron chi connectivity index (χ0n) is 9.94. The molecule has 0 spiro atoms. The second-order valence-corrected chi connectivity index (χ2v) is 4.13. The van der Waals surface area contributed by atoms with Crippen LogP contribution in [-0.4, -0.2) is 38.3 Å². The van der Waals surface area contributed by atoms with Crippen molar-refractivity contribution in [1.82, 2.24) is 10.3 Å². The van der Waals surface area contributed by atoms with Gasteiger partial charge in [-0.05, 0) is 19.5 Å². The van der Waals surface area contributed by atoms with E-state index >= 15 is 0 Å². The molecule has 4 heteroatoms. The molecule has 88 valence electrons. The van der Waals surface area contributed by atoms with E-state index < -0.39 is 0 Å². The van der Waals surface area contributed by atoms with Crippen molar-refractivity contribution in [3.05, 3.63) is 24.0 Å². The SMILES string of the molecule is CNCc1cnccc1N1CCC(OC)C1. The Labute approximate surface area is 96.6 Å². The first-order chi connectivity index (χ1) is 7.85. The maximum Gasteiger partial charge on any atom is 0.0762 e. The zero-order chi connectivity index (χ0) is 11.4. The lowest BCUT2D eigenvalue weighted by molar-refractivity contribution is 0.121. The van der Waals surface area contributed by atoms with Gasteiger partial charge in [-0.1, -0.05) is 0 Å². The molecule has 1 aromatic rings. The summed E-state index contributed by atoms with van der Waals surface area (Å²) in [6.45, 7) is 2.91. The Balaban J connectivity index is 2.14. The molecule has 1 aromatic heterocycles. The Kier molecular flexibility index (Phi) is 3.74. The van der Waals surface area contributed by atoms with Crippen LogP contribution < -0.4 is 10.2 Å². The average Bonchev–Trinajstić information content (AvgIpc) is 2.79. The van der Waals surface area contributed by atoms with E-state index in [2.05, 4.69) is 21.3 Å². The fourth-order valence-electron chi connectivity index (χ4n) is 2.19. The lowest BCUT2D eigenvalue weighted by Crippen LogP contribution is -2.24. The zero-order valence-corrected chi connectivity index (χ0v) is 9.94.